The van der Waals surface area contributed by atoms with Crippen molar-refractivity contribution in [2.24, 2.45) is 0 Å². The fraction of sp³-hybridized carbons (Fsp3) is 0.276. The number of hydrogen-bond donors (Lipinski definition) is 0. The van der Waals surface area contributed by atoms with Crippen molar-refractivity contribution in [2.45, 2.75) is 12.8 Å². The number of aryl methyl sites for hydroxylation is 1. The molecule has 0 aliphatic carbocycles. The zero-order chi connectivity index (χ0) is 25.3. The third kappa shape index (κ3) is 5.92. The van der Waals surface area contributed by atoms with Gasteiger partial charge in [-0.15, -0.1) is 0 Å². The van der Waals surface area contributed by atoms with E-state index in [-0.39, 0.29) is 5.91 Å². The summed E-state index contributed by atoms with van der Waals surface area (Å²) in [6.45, 7) is 1.42. The van der Waals surface area contributed by atoms with Crippen molar-refractivity contribution >= 4 is 17.7 Å². The summed E-state index contributed by atoms with van der Waals surface area (Å²) in [6, 6.07) is 19.4. The highest BCUT2D eigenvalue weighted by Gasteiger charge is 2.20. The molecule has 0 bridgehead atoms. The van der Waals surface area contributed by atoms with Crippen LogP contribution in [0.2, 0.25) is 0 Å². The molecular weight excluding hydrogens is 458 g/mol. The van der Waals surface area contributed by atoms with Gasteiger partial charge in [0.1, 0.15) is 13.2 Å². The number of nitrogens with zero attached hydrogens (tertiary/aromatic N) is 1. The molecule has 4 rings (SSSR count). The maximum atomic E-state index is 13.5. The minimum absolute atomic E-state index is 0.0156. The summed E-state index contributed by atoms with van der Waals surface area (Å²) in [5.74, 6) is 2.97. The van der Waals surface area contributed by atoms with Crippen molar-refractivity contribution in [2.75, 3.05) is 46.0 Å². The zero-order valence-corrected chi connectivity index (χ0v) is 20.9. The van der Waals surface area contributed by atoms with Crippen LogP contribution >= 0.6 is 0 Å². The lowest BCUT2D eigenvalue weighted by atomic mass is 10.1. The van der Waals surface area contributed by atoms with Crippen LogP contribution in [0.5, 0.6) is 28.7 Å². The SMILES string of the molecule is COc1cc(CCC(=O)N(C/C=C/c2ccccc2)c2ccc3c(c2)OCCO3)cc(OC)c1OC. The monoisotopic (exact) mass is 489 g/mol. The van der Waals surface area contributed by atoms with Gasteiger partial charge in [-0.1, -0.05) is 42.5 Å². The Labute approximate surface area is 211 Å². The Bertz CT molecular complexity index is 1180. The molecule has 1 aliphatic rings. The Hall–Kier alpha value is -4.13. The molecule has 0 saturated carbocycles. The maximum Gasteiger partial charge on any atom is 0.227 e. The molecule has 3 aromatic carbocycles. The molecule has 0 aromatic heterocycles. The summed E-state index contributed by atoms with van der Waals surface area (Å²) in [5, 5.41) is 0. The predicted molar refractivity (Wildman–Crippen MR) is 140 cm³/mol. The Morgan fingerprint density at radius 3 is 2.25 bits per heavy atom. The number of anilines is 1. The number of carbonyl (C=O) groups is 1. The molecule has 7 nitrogen and oxygen atoms in total. The largest absolute Gasteiger partial charge is 0.493 e. The molecule has 3 aromatic rings. The smallest absolute Gasteiger partial charge is 0.227 e. The van der Waals surface area contributed by atoms with E-state index in [0.717, 1.165) is 16.8 Å². The lowest BCUT2D eigenvalue weighted by Crippen LogP contribution is -2.31. The first kappa shape index (κ1) is 25.0. The van der Waals surface area contributed by atoms with E-state index in [1.165, 1.54) is 0 Å². The minimum atomic E-state index is -0.0156. The first-order chi connectivity index (χ1) is 17.6. The van der Waals surface area contributed by atoms with Crippen LogP contribution in [-0.4, -0.2) is 47.0 Å². The third-order valence-corrected chi connectivity index (χ3v) is 5.89. The summed E-state index contributed by atoms with van der Waals surface area (Å²) < 4.78 is 27.7. The van der Waals surface area contributed by atoms with E-state index in [0.29, 0.717) is 61.3 Å². The molecule has 0 fully saturated rings. The number of carbonyl (C=O) groups excluding carboxylic acids is 1. The summed E-state index contributed by atoms with van der Waals surface area (Å²) in [6.07, 6.45) is 4.81. The Kier molecular flexibility index (Phi) is 8.34. The molecule has 188 valence electrons. The zero-order valence-electron chi connectivity index (χ0n) is 20.9. The van der Waals surface area contributed by atoms with E-state index in [4.69, 9.17) is 23.7 Å². The van der Waals surface area contributed by atoms with Crippen LogP contribution in [0.1, 0.15) is 17.5 Å². The standard InChI is InChI=1S/C29H31NO6/c1-32-26-18-22(19-27(33-2)29(26)34-3)11-14-28(31)30(15-7-10-21-8-5-4-6-9-21)23-12-13-24-25(20-23)36-17-16-35-24/h4-10,12-13,18-20H,11,14-17H2,1-3H3/b10-7+. The topological polar surface area (TPSA) is 66.5 Å². The van der Waals surface area contributed by atoms with Crippen molar-refractivity contribution in [1.29, 1.82) is 0 Å². The average Bonchev–Trinajstić information content (AvgIpc) is 2.93. The van der Waals surface area contributed by atoms with E-state index < -0.39 is 0 Å². The lowest BCUT2D eigenvalue weighted by molar-refractivity contribution is -0.118. The molecule has 0 atom stereocenters. The van der Waals surface area contributed by atoms with Crippen molar-refractivity contribution in [1.82, 2.24) is 0 Å². The Balaban J connectivity index is 1.55. The van der Waals surface area contributed by atoms with Crippen LogP contribution in [0.3, 0.4) is 0 Å². The van der Waals surface area contributed by atoms with E-state index >= 15 is 0 Å². The minimum Gasteiger partial charge on any atom is -0.493 e. The van der Waals surface area contributed by atoms with E-state index in [9.17, 15) is 4.79 Å². The van der Waals surface area contributed by atoms with Gasteiger partial charge < -0.3 is 28.6 Å². The van der Waals surface area contributed by atoms with Crippen molar-refractivity contribution in [3.05, 3.63) is 77.9 Å². The van der Waals surface area contributed by atoms with Crippen LogP contribution in [0.25, 0.3) is 6.08 Å². The van der Waals surface area contributed by atoms with Gasteiger partial charge in [-0.25, -0.2) is 0 Å². The van der Waals surface area contributed by atoms with Crippen LogP contribution in [-0.2, 0) is 11.2 Å². The molecule has 36 heavy (non-hydrogen) atoms. The second-order valence-corrected chi connectivity index (χ2v) is 8.18. The van der Waals surface area contributed by atoms with Crippen molar-refractivity contribution < 1.29 is 28.5 Å². The number of methoxy groups -OCH3 is 3. The highest BCUT2D eigenvalue weighted by Crippen LogP contribution is 2.39. The van der Waals surface area contributed by atoms with Crippen LogP contribution in [0.4, 0.5) is 5.69 Å². The van der Waals surface area contributed by atoms with Crippen LogP contribution in [0, 0.1) is 0 Å². The van der Waals surface area contributed by atoms with Gasteiger partial charge in [0, 0.05) is 24.7 Å². The van der Waals surface area contributed by atoms with Gasteiger partial charge in [0.05, 0.1) is 21.3 Å². The normalized spacial score (nSPS) is 12.3. The first-order valence-corrected chi connectivity index (χ1v) is 11.8. The van der Waals surface area contributed by atoms with Gasteiger partial charge in [0.15, 0.2) is 23.0 Å². The van der Waals surface area contributed by atoms with Gasteiger partial charge >= 0.3 is 0 Å². The van der Waals surface area contributed by atoms with Gasteiger partial charge in [-0.05, 0) is 41.8 Å². The highest BCUT2D eigenvalue weighted by atomic mass is 16.6. The number of benzene rings is 3. The quantitative estimate of drug-likeness (QED) is 0.392. The molecule has 0 saturated heterocycles. The van der Waals surface area contributed by atoms with Crippen LogP contribution in [0.15, 0.2) is 66.7 Å². The predicted octanol–water partition coefficient (Wildman–Crippen LogP) is 5.16. The van der Waals surface area contributed by atoms with Crippen molar-refractivity contribution in [3.63, 3.8) is 0 Å². The van der Waals surface area contributed by atoms with Gasteiger partial charge in [-0.2, -0.15) is 0 Å². The molecule has 0 unspecified atom stereocenters. The van der Waals surface area contributed by atoms with E-state index in [2.05, 4.69) is 0 Å². The van der Waals surface area contributed by atoms with Gasteiger partial charge in [0.2, 0.25) is 11.7 Å². The molecule has 1 heterocycles. The highest BCUT2D eigenvalue weighted by molar-refractivity contribution is 5.94. The molecule has 0 radical (unpaired) electrons. The molecule has 0 spiro atoms. The third-order valence-electron chi connectivity index (χ3n) is 5.89. The van der Waals surface area contributed by atoms with Crippen molar-refractivity contribution in [3.8, 4) is 28.7 Å². The molecule has 0 N–H and O–H groups in total. The maximum absolute atomic E-state index is 13.5. The van der Waals surface area contributed by atoms with E-state index in [1.807, 2.05) is 72.8 Å². The van der Waals surface area contributed by atoms with Gasteiger partial charge in [-0.3, -0.25) is 4.79 Å². The number of hydrogen-bond acceptors (Lipinski definition) is 6. The fourth-order valence-electron chi connectivity index (χ4n) is 4.08. The second-order valence-electron chi connectivity index (χ2n) is 8.18. The Morgan fingerprint density at radius 1 is 0.889 bits per heavy atom. The van der Waals surface area contributed by atoms with Gasteiger partial charge in [0.25, 0.3) is 0 Å². The number of ether oxygens (including phenoxy) is 5. The summed E-state index contributed by atoms with van der Waals surface area (Å²) >= 11 is 0. The second kappa shape index (κ2) is 12.0. The van der Waals surface area contributed by atoms with Crippen LogP contribution < -0.4 is 28.6 Å². The molecule has 1 aliphatic heterocycles. The Morgan fingerprint density at radius 2 is 1.58 bits per heavy atom. The molecule has 1 amide bonds. The number of amides is 1. The average molecular weight is 490 g/mol. The first-order valence-electron chi connectivity index (χ1n) is 11.8. The molecular formula is C29H31NO6. The summed E-state index contributed by atoms with van der Waals surface area (Å²) in [7, 11) is 4.72. The number of rotatable bonds is 10. The lowest BCUT2D eigenvalue weighted by Gasteiger charge is -2.25. The number of fused-ring (bicyclic) bond motifs is 1. The van der Waals surface area contributed by atoms with E-state index in [1.54, 1.807) is 26.2 Å². The summed E-state index contributed by atoms with van der Waals surface area (Å²) in [5.41, 5.74) is 2.75. The fourth-order valence-corrected chi connectivity index (χ4v) is 4.08. The summed E-state index contributed by atoms with van der Waals surface area (Å²) in [4.78, 5) is 15.3. The molecule has 7 heteroatoms.